The third-order valence-electron chi connectivity index (χ3n) is 10.7. The first kappa shape index (κ1) is 39.8. The van der Waals surface area contributed by atoms with Gasteiger partial charge < -0.3 is 18.5 Å². The van der Waals surface area contributed by atoms with Gasteiger partial charge in [0.05, 0.1) is 12.3 Å². The lowest BCUT2D eigenvalue weighted by Gasteiger charge is -2.51. The first-order chi connectivity index (χ1) is 25.1. The number of fused-ring (bicyclic) bond motifs is 1. The van der Waals surface area contributed by atoms with E-state index >= 15 is 0 Å². The lowest BCUT2D eigenvalue weighted by molar-refractivity contribution is 0.126. The second-order valence-electron chi connectivity index (χ2n) is 15.7. The van der Waals surface area contributed by atoms with E-state index in [1.807, 2.05) is 26.0 Å². The van der Waals surface area contributed by atoms with Gasteiger partial charge >= 0.3 is 0 Å². The van der Waals surface area contributed by atoms with Crippen LogP contribution < -0.4 is 0 Å². The normalized spacial score (nSPS) is 18.3. The molecule has 1 unspecified atom stereocenters. The van der Waals surface area contributed by atoms with Gasteiger partial charge in [-0.1, -0.05) is 109 Å². The Kier molecular flexibility index (Phi) is 13.5. The van der Waals surface area contributed by atoms with Crippen LogP contribution in [0, 0.1) is 11.3 Å². The lowest BCUT2D eigenvalue weighted by Crippen LogP contribution is -2.39. The van der Waals surface area contributed by atoms with Crippen molar-refractivity contribution in [3.8, 4) is 11.1 Å². The van der Waals surface area contributed by atoms with Gasteiger partial charge in [0.15, 0.2) is 5.58 Å². The fourth-order valence-corrected chi connectivity index (χ4v) is 11.6. The molecule has 2 heterocycles. The first-order valence-corrected chi connectivity index (χ1v) is 21.0. The minimum absolute atomic E-state index is 0.112. The van der Waals surface area contributed by atoms with Crippen molar-refractivity contribution in [2.45, 2.75) is 89.3 Å². The highest BCUT2D eigenvalue weighted by Crippen LogP contribution is 2.72. The van der Waals surface area contributed by atoms with Gasteiger partial charge in [-0.2, -0.15) is 0 Å². The molecule has 1 aromatic heterocycles. The highest BCUT2D eigenvalue weighted by atomic mass is 32.3. The highest BCUT2D eigenvalue weighted by molar-refractivity contribution is 8.34. The van der Waals surface area contributed by atoms with Crippen molar-refractivity contribution in [2.24, 2.45) is 11.3 Å². The third-order valence-corrected chi connectivity index (χ3v) is 14.8. The third kappa shape index (κ3) is 8.85. The molecule has 6 rings (SSSR count). The molecule has 1 aliphatic carbocycles. The summed E-state index contributed by atoms with van der Waals surface area (Å²) >= 11 is 0. The summed E-state index contributed by atoms with van der Waals surface area (Å²) in [6.07, 6.45) is 13.0. The van der Waals surface area contributed by atoms with E-state index in [2.05, 4.69) is 142 Å². The molecule has 1 saturated carbocycles. The van der Waals surface area contributed by atoms with E-state index in [1.54, 1.807) is 0 Å². The number of piperidine rings is 1. The molecule has 6 heteroatoms. The Morgan fingerprint density at radius 2 is 1.63 bits per heavy atom. The molecule has 2 aliphatic rings. The molecule has 5 nitrogen and oxygen atoms in total. The number of nitrogens with zero attached hydrogens (tertiary/aromatic N) is 3. The number of hydrogen-bond donors (Lipinski definition) is 0. The molecular weight excluding hydrogens is 659 g/mol. The zero-order valence-electron chi connectivity index (χ0n) is 33.0. The number of benzene rings is 3. The van der Waals surface area contributed by atoms with Crippen LogP contribution in [-0.2, 0) is 17.1 Å². The summed E-state index contributed by atoms with van der Waals surface area (Å²) < 4.78 is 13.3. The molecule has 3 aromatic carbocycles. The summed E-state index contributed by atoms with van der Waals surface area (Å²) in [6.45, 7) is 24.2. The maximum absolute atomic E-state index is 7.30. The predicted molar refractivity (Wildman–Crippen MR) is 224 cm³/mol. The van der Waals surface area contributed by atoms with Crippen molar-refractivity contribution in [1.82, 2.24) is 15.0 Å². The van der Waals surface area contributed by atoms with Gasteiger partial charge in [0.25, 0.3) is 0 Å². The number of aryl methyl sites for hydroxylation is 1. The molecule has 0 spiro atoms. The van der Waals surface area contributed by atoms with Gasteiger partial charge in [0.1, 0.15) is 0 Å². The van der Waals surface area contributed by atoms with Gasteiger partial charge in [-0.05, 0) is 128 Å². The summed E-state index contributed by atoms with van der Waals surface area (Å²) in [7, 11) is 2.40. The Bertz CT molecular complexity index is 1780. The van der Waals surface area contributed by atoms with E-state index in [-0.39, 0.29) is 10.2 Å². The van der Waals surface area contributed by atoms with E-state index in [0.717, 1.165) is 61.8 Å². The molecule has 4 aromatic rings. The maximum Gasteiger partial charge on any atom is 0.172 e. The van der Waals surface area contributed by atoms with Gasteiger partial charge in [-0.15, -0.1) is 0 Å². The van der Waals surface area contributed by atoms with Crippen LogP contribution in [0.2, 0.25) is 0 Å². The number of allylic oxidation sites excluding steroid dienone is 3. The summed E-state index contributed by atoms with van der Waals surface area (Å²) in [5, 5.41) is 5.80. The maximum atomic E-state index is 7.30. The summed E-state index contributed by atoms with van der Waals surface area (Å²) in [6, 6.07) is 25.9. The second kappa shape index (κ2) is 17.6. The van der Waals surface area contributed by atoms with Crippen molar-refractivity contribution >= 4 is 21.3 Å². The molecule has 0 N–H and O–H groups in total. The number of hydrogen-bond acceptors (Lipinski definition) is 5. The van der Waals surface area contributed by atoms with Crippen LogP contribution in [0.4, 0.5) is 0 Å². The molecule has 2 fully saturated rings. The van der Waals surface area contributed by atoms with E-state index in [0.29, 0.717) is 5.92 Å². The fourth-order valence-electron chi connectivity index (χ4n) is 7.80. The standard InChI is InChI=1S/C44H57N3O2S.C2H6/c1-8-16-36(9-2)50(43(3,4)5,37-19-14-11-15-20-37)48-33-44(27-28-44)32-47-29-25-34(26-30-47)21-24-41-39-23-22-38(35-17-12-10-13-18-35)40(31-46(6)7)42(39)49-45-41;1-2/h8-20,22-23,34H,1-2,21,24-33H2,3-7H3;1-2H3/b36-16+;. The first-order valence-electron chi connectivity index (χ1n) is 19.4. The monoisotopic (exact) mass is 721 g/mol. The Hall–Kier alpha value is -3.42. The van der Waals surface area contributed by atoms with Crippen LogP contribution in [0.1, 0.15) is 78.0 Å². The zero-order chi connectivity index (χ0) is 37.4. The predicted octanol–water partition coefficient (Wildman–Crippen LogP) is 11.9. The van der Waals surface area contributed by atoms with Gasteiger partial charge in [-0.3, -0.25) is 0 Å². The van der Waals surface area contributed by atoms with Crippen LogP contribution in [0.25, 0.3) is 22.1 Å². The van der Waals surface area contributed by atoms with E-state index in [4.69, 9.17) is 8.71 Å². The van der Waals surface area contributed by atoms with Crippen molar-refractivity contribution in [3.63, 3.8) is 0 Å². The largest absolute Gasteiger partial charge is 0.356 e. The van der Waals surface area contributed by atoms with Crippen LogP contribution in [0.5, 0.6) is 0 Å². The minimum atomic E-state index is -1.82. The quantitative estimate of drug-likeness (QED) is 0.114. The van der Waals surface area contributed by atoms with Crippen molar-refractivity contribution in [3.05, 3.63) is 120 Å². The molecular formula is C46H63N3O2S. The smallest absolute Gasteiger partial charge is 0.172 e. The second-order valence-corrected chi connectivity index (χ2v) is 19.2. The molecule has 1 atom stereocenters. The minimum Gasteiger partial charge on any atom is -0.356 e. The van der Waals surface area contributed by atoms with E-state index < -0.39 is 10.3 Å². The Morgan fingerprint density at radius 1 is 0.981 bits per heavy atom. The zero-order valence-corrected chi connectivity index (χ0v) is 33.8. The number of aromatic nitrogens is 1. The molecule has 280 valence electrons. The van der Waals surface area contributed by atoms with Crippen molar-refractivity contribution in [2.75, 3.05) is 40.3 Å². The molecule has 1 saturated heterocycles. The van der Waals surface area contributed by atoms with E-state index in [1.165, 1.54) is 52.7 Å². The Morgan fingerprint density at radius 3 is 2.21 bits per heavy atom. The van der Waals surface area contributed by atoms with Gasteiger partial charge in [-0.25, -0.2) is 0 Å². The fraction of sp³-hybridized carbons (Fsp3) is 0.457. The summed E-state index contributed by atoms with van der Waals surface area (Å²) in [5.74, 6) is 0.712. The molecule has 0 amide bonds. The summed E-state index contributed by atoms with van der Waals surface area (Å²) in [5.41, 5.74) is 5.92. The number of rotatable bonds is 15. The van der Waals surface area contributed by atoms with Crippen molar-refractivity contribution in [1.29, 1.82) is 0 Å². The van der Waals surface area contributed by atoms with E-state index in [9.17, 15) is 0 Å². The van der Waals surface area contributed by atoms with Crippen LogP contribution in [0.3, 0.4) is 0 Å². The van der Waals surface area contributed by atoms with Crippen molar-refractivity contribution < 1.29 is 8.71 Å². The molecule has 0 bridgehead atoms. The van der Waals surface area contributed by atoms with Gasteiger partial charge in [0, 0.05) is 44.0 Å². The summed E-state index contributed by atoms with van der Waals surface area (Å²) in [4.78, 5) is 7.32. The topological polar surface area (TPSA) is 41.7 Å². The van der Waals surface area contributed by atoms with Crippen LogP contribution in [-0.4, -0.2) is 60.0 Å². The average molecular weight is 722 g/mol. The van der Waals surface area contributed by atoms with Crippen LogP contribution in [0.15, 0.2) is 119 Å². The average Bonchev–Trinajstić information content (AvgIpc) is 3.79. The Labute approximate surface area is 316 Å². The highest BCUT2D eigenvalue weighted by Gasteiger charge is 2.49. The molecule has 0 radical (unpaired) electrons. The molecule has 1 aliphatic heterocycles. The lowest BCUT2D eigenvalue weighted by atomic mass is 9.90. The number of likely N-dealkylation sites (tertiary alicyclic amines) is 1. The van der Waals surface area contributed by atoms with Crippen LogP contribution >= 0.6 is 10.3 Å². The Balaban J connectivity index is 0.00000257. The SMILES string of the molecule is C=C/C=C(\C=C)S(OCC1(CN2CCC(CCc3noc4c(CN(C)C)c(-c5ccccc5)ccc34)CC2)CC1)(c1ccccc1)C(C)(C)C.CC. The van der Waals surface area contributed by atoms with Gasteiger partial charge in [0.2, 0.25) is 0 Å². The molecule has 52 heavy (non-hydrogen) atoms.